The second kappa shape index (κ2) is 6.46. The Morgan fingerprint density at radius 3 is 2.33 bits per heavy atom. The summed E-state index contributed by atoms with van der Waals surface area (Å²) in [5.41, 5.74) is 1.27. The van der Waals surface area contributed by atoms with Crippen LogP contribution < -0.4 is 4.74 Å². The number of benzene rings is 1. The van der Waals surface area contributed by atoms with Gasteiger partial charge in [-0.25, -0.2) is 0 Å². The van der Waals surface area contributed by atoms with Crippen molar-refractivity contribution in [3.05, 3.63) is 29.8 Å². The van der Waals surface area contributed by atoms with Crippen molar-refractivity contribution < 1.29 is 4.74 Å². The Morgan fingerprint density at radius 2 is 1.73 bits per heavy atom. The quantitative estimate of drug-likeness (QED) is 0.665. The van der Waals surface area contributed by atoms with Crippen LogP contribution in [0.1, 0.15) is 18.4 Å². The average Bonchev–Trinajstić information content (AvgIpc) is 2.20. The fourth-order valence-electron chi connectivity index (χ4n) is 1.35. The predicted molar refractivity (Wildman–Crippen MR) is 64.5 cm³/mol. The molecule has 0 spiro atoms. The minimum Gasteiger partial charge on any atom is -0.494 e. The summed E-state index contributed by atoms with van der Waals surface area (Å²) in [5.74, 6) is 0.977. The predicted octanol–water partition coefficient (Wildman–Crippen LogP) is 2.72. The molecule has 0 aliphatic heterocycles. The number of ether oxygens (including phenoxy) is 1. The van der Waals surface area contributed by atoms with Crippen LogP contribution in [-0.4, -0.2) is 32.1 Å². The molecule has 0 atom stereocenters. The van der Waals surface area contributed by atoms with E-state index in [9.17, 15) is 0 Å². The van der Waals surface area contributed by atoms with Gasteiger partial charge in [-0.05, 0) is 52.5 Å². The minimum atomic E-state index is 0.816. The Kier molecular flexibility index (Phi) is 5.19. The maximum absolute atomic E-state index is 5.62. The zero-order valence-corrected chi connectivity index (χ0v) is 9.99. The zero-order valence-electron chi connectivity index (χ0n) is 9.99. The van der Waals surface area contributed by atoms with Gasteiger partial charge in [0.2, 0.25) is 0 Å². The Morgan fingerprint density at radius 1 is 1.07 bits per heavy atom. The highest BCUT2D eigenvalue weighted by atomic mass is 16.5. The van der Waals surface area contributed by atoms with Crippen LogP contribution in [0.25, 0.3) is 0 Å². The van der Waals surface area contributed by atoms with Gasteiger partial charge in [0.05, 0.1) is 6.61 Å². The summed E-state index contributed by atoms with van der Waals surface area (Å²) in [6, 6.07) is 8.22. The normalized spacial score (nSPS) is 10.7. The van der Waals surface area contributed by atoms with E-state index >= 15 is 0 Å². The van der Waals surface area contributed by atoms with Crippen LogP contribution in [0, 0.1) is 6.92 Å². The first kappa shape index (κ1) is 12.1. The Labute approximate surface area is 92.9 Å². The molecular formula is C13H21NO. The van der Waals surface area contributed by atoms with Crippen molar-refractivity contribution in [2.24, 2.45) is 0 Å². The van der Waals surface area contributed by atoms with Crippen LogP contribution in [0.4, 0.5) is 0 Å². The molecule has 15 heavy (non-hydrogen) atoms. The van der Waals surface area contributed by atoms with E-state index < -0.39 is 0 Å². The van der Waals surface area contributed by atoms with Gasteiger partial charge in [-0.1, -0.05) is 17.7 Å². The van der Waals surface area contributed by atoms with Crippen LogP contribution in [0.3, 0.4) is 0 Å². The van der Waals surface area contributed by atoms with Crippen molar-refractivity contribution >= 4 is 0 Å². The highest BCUT2D eigenvalue weighted by Crippen LogP contribution is 2.11. The molecule has 1 aromatic carbocycles. The molecular weight excluding hydrogens is 186 g/mol. The third kappa shape index (κ3) is 5.43. The highest BCUT2D eigenvalue weighted by molar-refractivity contribution is 5.26. The zero-order chi connectivity index (χ0) is 11.1. The lowest BCUT2D eigenvalue weighted by atomic mass is 10.2. The van der Waals surface area contributed by atoms with E-state index in [1.807, 2.05) is 12.1 Å². The molecule has 0 saturated carbocycles. The molecule has 2 nitrogen and oxygen atoms in total. The second-order valence-electron chi connectivity index (χ2n) is 4.17. The second-order valence-corrected chi connectivity index (χ2v) is 4.17. The summed E-state index contributed by atoms with van der Waals surface area (Å²) >= 11 is 0. The summed E-state index contributed by atoms with van der Waals surface area (Å²) in [4.78, 5) is 2.20. The molecule has 0 heterocycles. The van der Waals surface area contributed by atoms with E-state index in [0.717, 1.165) is 25.3 Å². The molecule has 0 aliphatic carbocycles. The van der Waals surface area contributed by atoms with Crippen molar-refractivity contribution in [2.75, 3.05) is 27.2 Å². The van der Waals surface area contributed by atoms with Crippen molar-refractivity contribution in [3.63, 3.8) is 0 Å². The molecule has 0 radical (unpaired) electrons. The van der Waals surface area contributed by atoms with Gasteiger partial charge in [-0.15, -0.1) is 0 Å². The van der Waals surface area contributed by atoms with E-state index in [1.165, 1.54) is 12.0 Å². The van der Waals surface area contributed by atoms with Gasteiger partial charge in [0.15, 0.2) is 0 Å². The molecule has 1 aromatic rings. The summed E-state index contributed by atoms with van der Waals surface area (Å²) in [6.45, 7) is 4.04. The molecule has 0 bridgehead atoms. The maximum Gasteiger partial charge on any atom is 0.119 e. The molecule has 2 heteroatoms. The van der Waals surface area contributed by atoms with E-state index in [4.69, 9.17) is 4.74 Å². The van der Waals surface area contributed by atoms with Gasteiger partial charge in [-0.3, -0.25) is 0 Å². The van der Waals surface area contributed by atoms with Gasteiger partial charge >= 0.3 is 0 Å². The third-order valence-electron chi connectivity index (χ3n) is 2.29. The smallest absolute Gasteiger partial charge is 0.119 e. The summed E-state index contributed by atoms with van der Waals surface area (Å²) in [6.07, 6.45) is 2.31. The number of hydrogen-bond donors (Lipinski definition) is 0. The van der Waals surface area contributed by atoms with Gasteiger partial charge in [0.25, 0.3) is 0 Å². The number of nitrogens with zero attached hydrogens (tertiary/aromatic N) is 1. The molecule has 0 fully saturated rings. The largest absolute Gasteiger partial charge is 0.494 e. The number of hydrogen-bond acceptors (Lipinski definition) is 2. The molecule has 0 saturated heterocycles. The minimum absolute atomic E-state index is 0.816. The molecule has 0 aromatic heterocycles. The highest BCUT2D eigenvalue weighted by Gasteiger charge is 1.94. The Hall–Kier alpha value is -1.02. The SMILES string of the molecule is Cc1ccc(OCCCCN(C)C)cc1. The Bertz CT molecular complexity index is 266. The molecule has 0 N–H and O–H groups in total. The van der Waals surface area contributed by atoms with Crippen molar-refractivity contribution in [2.45, 2.75) is 19.8 Å². The van der Waals surface area contributed by atoms with Crippen molar-refractivity contribution in [3.8, 4) is 5.75 Å². The van der Waals surface area contributed by atoms with Crippen LogP contribution in [0.15, 0.2) is 24.3 Å². The van der Waals surface area contributed by atoms with Crippen molar-refractivity contribution in [1.82, 2.24) is 4.90 Å². The third-order valence-corrected chi connectivity index (χ3v) is 2.29. The van der Waals surface area contributed by atoms with Gasteiger partial charge in [0, 0.05) is 0 Å². The standard InChI is InChI=1S/C13H21NO/c1-12-6-8-13(9-7-12)15-11-5-4-10-14(2)3/h6-9H,4-5,10-11H2,1-3H3. The van der Waals surface area contributed by atoms with Crippen molar-refractivity contribution in [1.29, 1.82) is 0 Å². The van der Waals surface area contributed by atoms with E-state index in [-0.39, 0.29) is 0 Å². The molecule has 0 unspecified atom stereocenters. The summed E-state index contributed by atoms with van der Waals surface area (Å²) < 4.78 is 5.62. The first-order valence-corrected chi connectivity index (χ1v) is 5.52. The van der Waals surface area contributed by atoms with Crippen LogP contribution in [-0.2, 0) is 0 Å². The molecule has 1 rings (SSSR count). The molecule has 0 amide bonds. The maximum atomic E-state index is 5.62. The van der Waals surface area contributed by atoms with Crippen LogP contribution in [0.5, 0.6) is 5.75 Å². The average molecular weight is 207 g/mol. The fourth-order valence-corrected chi connectivity index (χ4v) is 1.35. The summed E-state index contributed by atoms with van der Waals surface area (Å²) in [7, 11) is 4.20. The number of rotatable bonds is 6. The summed E-state index contributed by atoms with van der Waals surface area (Å²) in [5, 5.41) is 0. The van der Waals surface area contributed by atoms with E-state index in [1.54, 1.807) is 0 Å². The van der Waals surface area contributed by atoms with Crippen LogP contribution in [0.2, 0.25) is 0 Å². The monoisotopic (exact) mass is 207 g/mol. The number of unbranched alkanes of at least 4 members (excludes halogenated alkanes) is 1. The Balaban J connectivity index is 2.12. The number of aryl methyl sites for hydroxylation is 1. The lowest BCUT2D eigenvalue weighted by Gasteiger charge is -2.09. The van der Waals surface area contributed by atoms with Gasteiger partial charge < -0.3 is 9.64 Å². The first-order valence-electron chi connectivity index (χ1n) is 5.52. The lowest BCUT2D eigenvalue weighted by molar-refractivity contribution is 0.293. The fraction of sp³-hybridized carbons (Fsp3) is 0.538. The first-order chi connectivity index (χ1) is 7.18. The molecule has 84 valence electrons. The van der Waals surface area contributed by atoms with E-state index in [0.29, 0.717) is 0 Å². The van der Waals surface area contributed by atoms with Gasteiger partial charge in [-0.2, -0.15) is 0 Å². The lowest BCUT2D eigenvalue weighted by Crippen LogP contribution is -2.13. The van der Waals surface area contributed by atoms with E-state index in [2.05, 4.69) is 38.1 Å². The van der Waals surface area contributed by atoms with Gasteiger partial charge in [0.1, 0.15) is 5.75 Å². The van der Waals surface area contributed by atoms with Crippen LogP contribution >= 0.6 is 0 Å². The molecule has 0 aliphatic rings. The topological polar surface area (TPSA) is 12.5 Å².